The zero-order valence-corrected chi connectivity index (χ0v) is 15.8. The van der Waals surface area contributed by atoms with Gasteiger partial charge in [0.25, 0.3) is 5.69 Å². The van der Waals surface area contributed by atoms with E-state index in [4.69, 9.17) is 27.9 Å². The molecule has 0 aromatic heterocycles. The fraction of sp³-hybridized carbons (Fsp3) is 0.235. The fourth-order valence-corrected chi connectivity index (χ4v) is 2.53. The van der Waals surface area contributed by atoms with Crippen molar-refractivity contribution in [3.8, 4) is 5.75 Å². The number of anilines is 2. The van der Waals surface area contributed by atoms with Crippen molar-refractivity contribution in [3.05, 3.63) is 56.1 Å². The third kappa shape index (κ3) is 4.56. The van der Waals surface area contributed by atoms with Crippen LogP contribution in [-0.2, 0) is 4.79 Å². The van der Waals surface area contributed by atoms with Crippen LogP contribution in [0.4, 0.5) is 17.1 Å². The number of hydrogen-bond acceptors (Lipinski definition) is 5. The lowest BCUT2D eigenvalue weighted by atomic mass is 10.2. The second-order valence-corrected chi connectivity index (χ2v) is 6.39. The third-order valence-corrected chi connectivity index (χ3v) is 4.40. The number of methoxy groups -OCH3 is 1. The molecular weight excluding hydrogens is 381 g/mol. The van der Waals surface area contributed by atoms with Gasteiger partial charge in [-0.05, 0) is 31.5 Å². The zero-order valence-electron chi connectivity index (χ0n) is 14.3. The van der Waals surface area contributed by atoms with E-state index < -0.39 is 16.9 Å². The van der Waals surface area contributed by atoms with Crippen molar-refractivity contribution in [2.75, 3.05) is 17.7 Å². The number of nitro benzene ring substituents is 1. The first-order chi connectivity index (χ1) is 12.2. The summed E-state index contributed by atoms with van der Waals surface area (Å²) in [6.07, 6.45) is 0. The normalized spacial score (nSPS) is 11.6. The van der Waals surface area contributed by atoms with Crippen LogP contribution in [0.3, 0.4) is 0 Å². The van der Waals surface area contributed by atoms with Crippen LogP contribution in [0.2, 0.25) is 10.0 Å². The summed E-state index contributed by atoms with van der Waals surface area (Å²) in [6, 6.07) is 6.59. The molecule has 0 radical (unpaired) electrons. The van der Waals surface area contributed by atoms with E-state index in [9.17, 15) is 14.9 Å². The van der Waals surface area contributed by atoms with Crippen LogP contribution < -0.4 is 15.4 Å². The van der Waals surface area contributed by atoms with E-state index in [1.807, 2.05) is 6.92 Å². The average Bonchev–Trinajstić information content (AvgIpc) is 2.59. The quantitative estimate of drug-likeness (QED) is 0.545. The Kier molecular flexibility index (Phi) is 6.28. The fourth-order valence-electron chi connectivity index (χ4n) is 2.21. The maximum Gasteiger partial charge on any atom is 0.271 e. The highest BCUT2D eigenvalue weighted by Gasteiger charge is 2.18. The van der Waals surface area contributed by atoms with Crippen molar-refractivity contribution in [1.29, 1.82) is 0 Å². The molecule has 9 heteroatoms. The predicted molar refractivity (Wildman–Crippen MR) is 103 cm³/mol. The first kappa shape index (κ1) is 19.8. The van der Waals surface area contributed by atoms with E-state index in [1.165, 1.54) is 25.3 Å². The molecule has 2 aromatic rings. The summed E-state index contributed by atoms with van der Waals surface area (Å²) < 4.78 is 5.27. The van der Waals surface area contributed by atoms with Gasteiger partial charge in [0.15, 0.2) is 0 Å². The van der Waals surface area contributed by atoms with Gasteiger partial charge in [-0.2, -0.15) is 0 Å². The number of ether oxygens (including phenoxy) is 1. The molecular formula is C17H17Cl2N3O4. The molecule has 0 fully saturated rings. The molecule has 138 valence electrons. The van der Waals surface area contributed by atoms with Crippen molar-refractivity contribution in [2.45, 2.75) is 19.9 Å². The van der Waals surface area contributed by atoms with Gasteiger partial charge in [-0.3, -0.25) is 14.9 Å². The summed E-state index contributed by atoms with van der Waals surface area (Å²) >= 11 is 12.1. The molecule has 0 aliphatic heterocycles. The van der Waals surface area contributed by atoms with E-state index in [2.05, 4.69) is 10.6 Å². The summed E-state index contributed by atoms with van der Waals surface area (Å²) in [5.74, 6) is 0.0793. The van der Waals surface area contributed by atoms with Crippen LogP contribution in [0.1, 0.15) is 12.5 Å². The van der Waals surface area contributed by atoms with Crippen LogP contribution in [0, 0.1) is 17.0 Å². The van der Waals surface area contributed by atoms with E-state index >= 15 is 0 Å². The van der Waals surface area contributed by atoms with Gasteiger partial charge < -0.3 is 15.4 Å². The second kappa shape index (κ2) is 8.25. The molecule has 1 atom stereocenters. The Bertz CT molecular complexity index is 858. The number of rotatable bonds is 6. The molecule has 1 amide bonds. The monoisotopic (exact) mass is 397 g/mol. The Morgan fingerprint density at radius 2 is 1.88 bits per heavy atom. The Labute approximate surface area is 160 Å². The third-order valence-electron chi connectivity index (χ3n) is 3.66. The highest BCUT2D eigenvalue weighted by molar-refractivity contribution is 6.34. The molecule has 2 aromatic carbocycles. The molecule has 0 spiro atoms. The summed E-state index contributed by atoms with van der Waals surface area (Å²) in [4.78, 5) is 22.7. The van der Waals surface area contributed by atoms with Gasteiger partial charge in [-0.25, -0.2) is 0 Å². The number of nitro groups is 1. The van der Waals surface area contributed by atoms with Gasteiger partial charge in [-0.15, -0.1) is 0 Å². The second-order valence-electron chi connectivity index (χ2n) is 5.58. The number of halogens is 2. The number of carbonyl (C=O) groups is 1. The van der Waals surface area contributed by atoms with Crippen LogP contribution in [0.25, 0.3) is 0 Å². The standard InChI is InChI=1S/C17H17Cl2N3O4/c1-9-6-15(16(26-3)8-13(9)19)20-10(2)17(23)21-14-7-11(22(24)25)4-5-12(14)18/h4-8,10,20H,1-3H3,(H,21,23). The van der Waals surface area contributed by atoms with Crippen molar-refractivity contribution < 1.29 is 14.5 Å². The molecule has 0 bridgehead atoms. The molecule has 1 unspecified atom stereocenters. The van der Waals surface area contributed by atoms with Crippen molar-refractivity contribution >= 4 is 46.2 Å². The number of non-ortho nitro benzene ring substituents is 1. The minimum Gasteiger partial charge on any atom is -0.495 e. The lowest BCUT2D eigenvalue weighted by Crippen LogP contribution is -2.32. The van der Waals surface area contributed by atoms with Crippen LogP contribution in [-0.4, -0.2) is 24.0 Å². The SMILES string of the molecule is COc1cc(Cl)c(C)cc1NC(C)C(=O)Nc1cc([N+](=O)[O-])ccc1Cl. The summed E-state index contributed by atoms with van der Waals surface area (Å²) in [5.41, 5.74) is 1.42. The van der Waals surface area contributed by atoms with Gasteiger partial charge >= 0.3 is 0 Å². The smallest absolute Gasteiger partial charge is 0.271 e. The van der Waals surface area contributed by atoms with Gasteiger partial charge in [-0.1, -0.05) is 23.2 Å². The minimum atomic E-state index is -0.667. The minimum absolute atomic E-state index is 0.166. The van der Waals surface area contributed by atoms with E-state index in [0.717, 1.165) is 5.56 Å². The molecule has 2 rings (SSSR count). The number of carbonyl (C=O) groups excluding carboxylic acids is 1. The summed E-state index contributed by atoms with van der Waals surface area (Å²) in [6.45, 7) is 3.48. The molecule has 26 heavy (non-hydrogen) atoms. The van der Waals surface area contributed by atoms with E-state index in [-0.39, 0.29) is 16.4 Å². The molecule has 0 heterocycles. The molecule has 2 N–H and O–H groups in total. The first-order valence-electron chi connectivity index (χ1n) is 7.58. The Hall–Kier alpha value is -2.51. The maximum atomic E-state index is 12.4. The predicted octanol–water partition coefficient (Wildman–Crippen LogP) is 4.66. The maximum absolute atomic E-state index is 12.4. The largest absolute Gasteiger partial charge is 0.495 e. The van der Waals surface area contributed by atoms with Crippen molar-refractivity contribution in [2.24, 2.45) is 0 Å². The molecule has 7 nitrogen and oxygen atoms in total. The van der Waals surface area contributed by atoms with Crippen molar-refractivity contribution in [3.63, 3.8) is 0 Å². The molecule has 0 saturated heterocycles. The number of benzene rings is 2. The van der Waals surface area contributed by atoms with Crippen LogP contribution in [0.5, 0.6) is 5.75 Å². The first-order valence-corrected chi connectivity index (χ1v) is 8.34. The highest BCUT2D eigenvalue weighted by atomic mass is 35.5. The van der Waals surface area contributed by atoms with Gasteiger partial charge in [0.05, 0.1) is 28.4 Å². The lowest BCUT2D eigenvalue weighted by molar-refractivity contribution is -0.384. The summed E-state index contributed by atoms with van der Waals surface area (Å²) in [5, 5.41) is 17.2. The summed E-state index contributed by atoms with van der Waals surface area (Å²) in [7, 11) is 1.50. The molecule has 0 saturated carbocycles. The van der Waals surface area contributed by atoms with Crippen molar-refractivity contribution in [1.82, 2.24) is 0 Å². The Balaban J connectivity index is 2.17. The number of aryl methyl sites for hydroxylation is 1. The Morgan fingerprint density at radius 3 is 2.50 bits per heavy atom. The van der Waals surface area contributed by atoms with E-state index in [1.54, 1.807) is 19.1 Å². The van der Waals surface area contributed by atoms with E-state index in [0.29, 0.717) is 16.5 Å². The van der Waals surface area contributed by atoms with Gasteiger partial charge in [0.1, 0.15) is 11.8 Å². The number of amides is 1. The van der Waals surface area contributed by atoms with Gasteiger partial charge in [0, 0.05) is 23.2 Å². The zero-order chi connectivity index (χ0) is 19.4. The lowest BCUT2D eigenvalue weighted by Gasteiger charge is -2.18. The number of nitrogens with one attached hydrogen (secondary N) is 2. The molecule has 0 aliphatic rings. The molecule has 0 aliphatic carbocycles. The van der Waals surface area contributed by atoms with Crippen LogP contribution >= 0.6 is 23.2 Å². The van der Waals surface area contributed by atoms with Gasteiger partial charge in [0.2, 0.25) is 5.91 Å². The number of nitrogens with zero attached hydrogens (tertiary/aromatic N) is 1. The topological polar surface area (TPSA) is 93.5 Å². The van der Waals surface area contributed by atoms with Crippen LogP contribution in [0.15, 0.2) is 30.3 Å². The average molecular weight is 398 g/mol. The highest BCUT2D eigenvalue weighted by Crippen LogP contribution is 2.32. The Morgan fingerprint density at radius 1 is 1.19 bits per heavy atom. The number of hydrogen-bond donors (Lipinski definition) is 2.